The maximum Gasteiger partial charge on any atom is 0.0547 e. The molecule has 0 fully saturated rings. The third kappa shape index (κ3) is 6.04. The molecule has 12 aromatic rings. The highest BCUT2D eigenvalue weighted by molar-refractivity contribution is 6.21. The number of fused-ring (bicyclic) bond motifs is 7. The maximum absolute atomic E-state index is 2.43. The number of benzene rings is 11. The second-order valence-corrected chi connectivity index (χ2v) is 16.1. The molecule has 0 unspecified atom stereocenters. The minimum atomic E-state index is 1.09. The standard InChI is InChI=1S/C60H40N2/c1-2-16-46-39-47(28-27-41(46)13-1)42-29-34-49(35-30-42)61(50-36-31-45(32-37-50)53-24-12-17-43-14-3-5-20-52(43)53)57-25-9-7-21-54(57)48-18-11-19-51(40-48)62-58-26-10-8-23-56(58)60-55-22-6-4-15-44(55)33-38-59(60)62/h1-40H. The van der Waals surface area contributed by atoms with Crippen molar-refractivity contribution in [3.63, 3.8) is 0 Å². The van der Waals surface area contributed by atoms with Gasteiger partial charge in [0.25, 0.3) is 0 Å². The van der Waals surface area contributed by atoms with Crippen LogP contribution in [0.1, 0.15) is 0 Å². The molecule has 0 aliphatic heterocycles. The van der Waals surface area contributed by atoms with Gasteiger partial charge in [0, 0.05) is 33.4 Å². The summed E-state index contributed by atoms with van der Waals surface area (Å²) in [6, 6.07) is 88.5. The molecule has 0 aliphatic carbocycles. The molecule has 0 saturated carbocycles. The average Bonchev–Trinajstić information content (AvgIpc) is 3.69. The van der Waals surface area contributed by atoms with Gasteiger partial charge in [-0.1, -0.05) is 182 Å². The Labute approximate surface area is 360 Å². The van der Waals surface area contributed by atoms with Crippen LogP contribution in [0, 0.1) is 0 Å². The van der Waals surface area contributed by atoms with Gasteiger partial charge in [0.15, 0.2) is 0 Å². The average molecular weight is 789 g/mol. The topological polar surface area (TPSA) is 8.17 Å². The molecule has 62 heavy (non-hydrogen) atoms. The van der Waals surface area contributed by atoms with E-state index in [2.05, 4.69) is 252 Å². The third-order valence-electron chi connectivity index (χ3n) is 12.6. The molecule has 0 N–H and O–H groups in total. The summed E-state index contributed by atoms with van der Waals surface area (Å²) in [5.74, 6) is 0. The van der Waals surface area contributed by atoms with Crippen molar-refractivity contribution in [1.29, 1.82) is 0 Å². The number of hydrogen-bond acceptors (Lipinski definition) is 1. The van der Waals surface area contributed by atoms with Gasteiger partial charge in [0.05, 0.1) is 16.7 Å². The van der Waals surface area contributed by atoms with Gasteiger partial charge in [-0.2, -0.15) is 0 Å². The number of hydrogen-bond donors (Lipinski definition) is 0. The summed E-state index contributed by atoms with van der Waals surface area (Å²) in [5.41, 5.74) is 13.9. The smallest absolute Gasteiger partial charge is 0.0547 e. The summed E-state index contributed by atoms with van der Waals surface area (Å²) in [6.07, 6.45) is 0. The fraction of sp³-hybridized carbons (Fsp3) is 0. The lowest BCUT2D eigenvalue weighted by Gasteiger charge is -2.28. The lowest BCUT2D eigenvalue weighted by Crippen LogP contribution is -2.11. The van der Waals surface area contributed by atoms with Crippen LogP contribution in [0.3, 0.4) is 0 Å². The lowest BCUT2D eigenvalue weighted by molar-refractivity contribution is 1.18. The van der Waals surface area contributed by atoms with E-state index in [9.17, 15) is 0 Å². The Kier molecular flexibility index (Phi) is 8.53. The largest absolute Gasteiger partial charge is 0.310 e. The van der Waals surface area contributed by atoms with E-state index in [1.54, 1.807) is 0 Å². The first kappa shape index (κ1) is 35.7. The Morgan fingerprint density at radius 3 is 1.66 bits per heavy atom. The predicted octanol–water partition coefficient (Wildman–Crippen LogP) is 16.7. The molecule has 0 amide bonds. The van der Waals surface area contributed by atoms with Crippen LogP contribution in [-0.2, 0) is 0 Å². The highest BCUT2D eigenvalue weighted by Crippen LogP contribution is 2.44. The quantitative estimate of drug-likeness (QED) is 0.156. The molecule has 0 aliphatic rings. The number of rotatable bonds is 7. The number of aromatic nitrogens is 1. The highest BCUT2D eigenvalue weighted by Gasteiger charge is 2.20. The zero-order valence-electron chi connectivity index (χ0n) is 34.0. The molecule has 2 heteroatoms. The minimum Gasteiger partial charge on any atom is -0.310 e. The van der Waals surface area contributed by atoms with E-state index in [0.29, 0.717) is 0 Å². The predicted molar refractivity (Wildman–Crippen MR) is 264 cm³/mol. The molecule has 2 nitrogen and oxygen atoms in total. The van der Waals surface area contributed by atoms with E-state index in [1.807, 2.05) is 0 Å². The van der Waals surface area contributed by atoms with E-state index in [-0.39, 0.29) is 0 Å². The Balaban J connectivity index is 1.00. The van der Waals surface area contributed by atoms with E-state index in [4.69, 9.17) is 0 Å². The molecule has 0 radical (unpaired) electrons. The van der Waals surface area contributed by atoms with Gasteiger partial charge >= 0.3 is 0 Å². The minimum absolute atomic E-state index is 1.09. The summed E-state index contributed by atoms with van der Waals surface area (Å²) < 4.78 is 2.43. The van der Waals surface area contributed by atoms with E-state index in [1.165, 1.54) is 76.4 Å². The van der Waals surface area contributed by atoms with E-state index >= 15 is 0 Å². The summed E-state index contributed by atoms with van der Waals surface area (Å²) in [4.78, 5) is 2.41. The van der Waals surface area contributed by atoms with Crippen LogP contribution < -0.4 is 4.90 Å². The monoisotopic (exact) mass is 788 g/mol. The fourth-order valence-corrected chi connectivity index (χ4v) is 9.61. The molecular formula is C60H40N2. The maximum atomic E-state index is 2.43. The van der Waals surface area contributed by atoms with Crippen LogP contribution in [-0.4, -0.2) is 4.57 Å². The zero-order chi connectivity index (χ0) is 41.0. The van der Waals surface area contributed by atoms with Crippen molar-refractivity contribution in [2.75, 3.05) is 4.90 Å². The van der Waals surface area contributed by atoms with Crippen LogP contribution in [0.5, 0.6) is 0 Å². The molecule has 0 atom stereocenters. The zero-order valence-corrected chi connectivity index (χ0v) is 34.0. The third-order valence-corrected chi connectivity index (χ3v) is 12.6. The molecule has 0 saturated heterocycles. The summed E-state index contributed by atoms with van der Waals surface area (Å²) in [7, 11) is 0. The molecule has 0 spiro atoms. The van der Waals surface area contributed by atoms with Gasteiger partial charge in [-0.05, 0) is 121 Å². The van der Waals surface area contributed by atoms with Crippen LogP contribution in [0.25, 0.3) is 93.2 Å². The molecule has 1 aromatic heterocycles. The number of para-hydroxylation sites is 2. The van der Waals surface area contributed by atoms with Crippen molar-refractivity contribution in [3.05, 3.63) is 243 Å². The Hall–Kier alpha value is -8.20. The molecule has 12 rings (SSSR count). The molecule has 290 valence electrons. The first-order valence-corrected chi connectivity index (χ1v) is 21.3. The SMILES string of the molecule is c1cc(-c2ccccc2N(c2ccc(-c3ccc4ccccc4c3)cc2)c2ccc(-c3cccc4ccccc34)cc2)cc(-n2c3ccccc3c3c4ccccc4ccc32)c1. The van der Waals surface area contributed by atoms with Crippen molar-refractivity contribution < 1.29 is 0 Å². The van der Waals surface area contributed by atoms with Crippen molar-refractivity contribution in [3.8, 4) is 39.1 Å². The lowest BCUT2D eigenvalue weighted by atomic mass is 9.97. The van der Waals surface area contributed by atoms with Gasteiger partial charge in [-0.3, -0.25) is 0 Å². The van der Waals surface area contributed by atoms with Crippen molar-refractivity contribution >= 4 is 71.2 Å². The van der Waals surface area contributed by atoms with Gasteiger partial charge in [0.2, 0.25) is 0 Å². The first-order valence-electron chi connectivity index (χ1n) is 21.3. The van der Waals surface area contributed by atoms with Crippen molar-refractivity contribution in [1.82, 2.24) is 4.57 Å². The van der Waals surface area contributed by atoms with Gasteiger partial charge in [-0.25, -0.2) is 0 Å². The number of anilines is 3. The Morgan fingerprint density at radius 2 is 0.855 bits per heavy atom. The summed E-state index contributed by atoms with van der Waals surface area (Å²) in [5, 5.41) is 10.1. The molecular weight excluding hydrogens is 749 g/mol. The van der Waals surface area contributed by atoms with Gasteiger partial charge in [0.1, 0.15) is 0 Å². The Morgan fingerprint density at radius 1 is 0.290 bits per heavy atom. The normalized spacial score (nSPS) is 11.5. The molecule has 0 bridgehead atoms. The Bertz CT molecular complexity index is 3630. The van der Waals surface area contributed by atoms with Crippen molar-refractivity contribution in [2.45, 2.75) is 0 Å². The van der Waals surface area contributed by atoms with Gasteiger partial charge in [-0.15, -0.1) is 0 Å². The summed E-state index contributed by atoms with van der Waals surface area (Å²) in [6.45, 7) is 0. The van der Waals surface area contributed by atoms with E-state index in [0.717, 1.165) is 33.9 Å². The fourth-order valence-electron chi connectivity index (χ4n) is 9.61. The van der Waals surface area contributed by atoms with E-state index < -0.39 is 0 Å². The second kappa shape index (κ2) is 14.8. The number of nitrogens with zero attached hydrogens (tertiary/aromatic N) is 2. The van der Waals surface area contributed by atoms with Crippen LogP contribution in [0.4, 0.5) is 17.1 Å². The van der Waals surface area contributed by atoms with Gasteiger partial charge < -0.3 is 9.47 Å². The molecule has 1 heterocycles. The first-order chi connectivity index (χ1) is 30.7. The highest BCUT2D eigenvalue weighted by atomic mass is 15.1. The van der Waals surface area contributed by atoms with Crippen molar-refractivity contribution in [2.24, 2.45) is 0 Å². The second-order valence-electron chi connectivity index (χ2n) is 16.1. The summed E-state index contributed by atoms with van der Waals surface area (Å²) >= 11 is 0. The van der Waals surface area contributed by atoms with Crippen LogP contribution in [0.2, 0.25) is 0 Å². The van der Waals surface area contributed by atoms with Crippen LogP contribution >= 0.6 is 0 Å². The van der Waals surface area contributed by atoms with Crippen LogP contribution in [0.15, 0.2) is 243 Å². The molecule has 11 aromatic carbocycles.